The van der Waals surface area contributed by atoms with Gasteiger partial charge in [-0.2, -0.15) is 0 Å². The Balaban J connectivity index is -0.000000448. The second-order valence-corrected chi connectivity index (χ2v) is 12.4. The van der Waals surface area contributed by atoms with Crippen LogP contribution in [0.15, 0.2) is 24.3 Å². The van der Waals surface area contributed by atoms with Crippen molar-refractivity contribution in [2.45, 2.75) is 149 Å². The van der Waals surface area contributed by atoms with Gasteiger partial charge in [0.15, 0.2) is 0 Å². The summed E-state index contributed by atoms with van der Waals surface area (Å²) in [4.78, 5) is 65.9. The van der Waals surface area contributed by atoms with Crippen LogP contribution < -0.4 is 29.5 Å². The Labute approximate surface area is 337 Å². The first-order valence-corrected chi connectivity index (χ1v) is 19.6. The summed E-state index contributed by atoms with van der Waals surface area (Å²) in [7, 11) is 0. The topological polar surface area (TPSA) is 204 Å². The summed E-state index contributed by atoms with van der Waals surface area (Å²) in [6, 6.07) is 0. The number of esters is 1. The Hall–Kier alpha value is -2.82. The largest absolute Gasteiger partial charge is 1.00 e. The SMILES string of the molecule is CCC(=O)C(=O)NCCCC/C=C\CCCCCCCOCC(=O)O.CCOC(=O)COCCCCCCC/C=C\CCCCNC(=O)C(=O)CC.[Li+].[OH-]. The number of allylic oxidation sites excluding steroid dienone is 4. The quantitative estimate of drug-likeness (QED) is 0.0279. The summed E-state index contributed by atoms with van der Waals surface area (Å²) in [5, 5.41) is 13.7. The molecular weight excluding hydrogens is 691 g/mol. The summed E-state index contributed by atoms with van der Waals surface area (Å²) in [5.74, 6) is -2.83. The number of carbonyl (C=O) groups excluding carboxylic acids is 5. The molecule has 0 atom stereocenters. The average molecular weight is 763 g/mol. The molecule has 0 bridgehead atoms. The average Bonchev–Trinajstić information content (AvgIpc) is 3.13. The van der Waals surface area contributed by atoms with E-state index in [2.05, 4.69) is 34.9 Å². The number of carboxylic acids is 1. The van der Waals surface area contributed by atoms with Crippen molar-refractivity contribution < 1.29 is 72.4 Å². The van der Waals surface area contributed by atoms with Crippen LogP contribution in [0.5, 0.6) is 0 Å². The summed E-state index contributed by atoms with van der Waals surface area (Å²) in [6.45, 7) is 7.69. The molecule has 0 rings (SSSR count). The number of ether oxygens (including phenoxy) is 3. The van der Waals surface area contributed by atoms with Crippen molar-refractivity contribution in [3.05, 3.63) is 24.3 Å². The third-order valence-electron chi connectivity index (χ3n) is 7.72. The molecule has 0 radical (unpaired) electrons. The molecule has 0 unspecified atom stereocenters. The molecule has 14 heteroatoms. The molecule has 4 N–H and O–H groups in total. The maximum atomic E-state index is 11.3. The van der Waals surface area contributed by atoms with E-state index >= 15 is 0 Å². The second kappa shape index (κ2) is 46.3. The number of carboxylic acid groups (broad SMARTS) is 1. The van der Waals surface area contributed by atoms with Gasteiger partial charge in [-0.15, -0.1) is 0 Å². The molecule has 54 heavy (non-hydrogen) atoms. The molecule has 0 aliphatic carbocycles. The van der Waals surface area contributed by atoms with Crippen LogP contribution in [0, 0.1) is 0 Å². The van der Waals surface area contributed by atoms with Crippen molar-refractivity contribution in [3.63, 3.8) is 0 Å². The van der Waals surface area contributed by atoms with Gasteiger partial charge in [-0.1, -0.05) is 76.7 Å². The van der Waals surface area contributed by atoms with E-state index in [1.807, 2.05) is 0 Å². The fraction of sp³-hybridized carbons (Fsp3) is 0.750. The molecule has 0 saturated heterocycles. The van der Waals surface area contributed by atoms with Gasteiger partial charge in [-0.05, 0) is 84.0 Å². The van der Waals surface area contributed by atoms with Gasteiger partial charge < -0.3 is 35.4 Å². The van der Waals surface area contributed by atoms with E-state index in [4.69, 9.17) is 19.3 Å². The molecule has 0 aromatic carbocycles. The third-order valence-corrected chi connectivity index (χ3v) is 7.72. The molecule has 0 heterocycles. The van der Waals surface area contributed by atoms with E-state index in [1.54, 1.807) is 20.8 Å². The number of Topliss-reactive ketones (excluding diaryl/α,β-unsaturated/α-hetero) is 2. The minimum absolute atomic E-state index is 0. The molecule has 0 aromatic heterocycles. The predicted octanol–water partition coefficient (Wildman–Crippen LogP) is 3.81. The number of ketones is 2. The van der Waals surface area contributed by atoms with Crippen molar-refractivity contribution in [2.75, 3.05) is 46.1 Å². The summed E-state index contributed by atoms with van der Waals surface area (Å²) in [6.07, 6.45) is 28.5. The minimum atomic E-state index is -0.914. The van der Waals surface area contributed by atoms with Crippen LogP contribution >= 0.6 is 0 Å². The van der Waals surface area contributed by atoms with Gasteiger partial charge in [-0.3, -0.25) is 19.2 Å². The zero-order chi connectivity index (χ0) is 38.9. The van der Waals surface area contributed by atoms with Gasteiger partial charge in [-0.25, -0.2) is 9.59 Å². The molecule has 0 fully saturated rings. The van der Waals surface area contributed by atoms with E-state index in [0.29, 0.717) is 32.9 Å². The smallest absolute Gasteiger partial charge is 0.870 e. The summed E-state index contributed by atoms with van der Waals surface area (Å²) < 4.78 is 15.0. The molecule has 0 aliphatic rings. The Morgan fingerprint density at radius 2 is 0.870 bits per heavy atom. The number of carbonyl (C=O) groups is 6. The minimum Gasteiger partial charge on any atom is -0.870 e. The Kier molecular flexibility index (Phi) is 49.7. The van der Waals surface area contributed by atoms with Crippen molar-refractivity contribution in [1.29, 1.82) is 0 Å². The summed E-state index contributed by atoms with van der Waals surface area (Å²) >= 11 is 0. The predicted molar refractivity (Wildman–Crippen MR) is 206 cm³/mol. The first kappa shape index (κ1) is 57.9. The number of hydrogen-bond donors (Lipinski definition) is 3. The maximum absolute atomic E-state index is 11.3. The van der Waals surface area contributed by atoms with E-state index in [0.717, 1.165) is 83.5 Å². The zero-order valence-corrected chi connectivity index (χ0v) is 34.0. The maximum Gasteiger partial charge on any atom is 1.00 e. The van der Waals surface area contributed by atoms with Crippen molar-refractivity contribution in [1.82, 2.24) is 10.6 Å². The van der Waals surface area contributed by atoms with Crippen LogP contribution in [0.3, 0.4) is 0 Å². The van der Waals surface area contributed by atoms with Gasteiger partial charge in [0.05, 0.1) is 6.61 Å². The van der Waals surface area contributed by atoms with E-state index < -0.39 is 17.8 Å². The van der Waals surface area contributed by atoms with Crippen LogP contribution in [-0.2, 0) is 43.0 Å². The fourth-order valence-corrected chi connectivity index (χ4v) is 4.68. The molecule has 308 valence electrons. The molecule has 2 amide bonds. The Bertz CT molecular complexity index is 1010. The molecule has 0 saturated carbocycles. The van der Waals surface area contributed by atoms with Crippen LogP contribution in [-0.4, -0.2) is 92.0 Å². The van der Waals surface area contributed by atoms with Gasteiger partial charge >= 0.3 is 30.8 Å². The number of amides is 2. The van der Waals surface area contributed by atoms with Gasteiger partial charge in [0.2, 0.25) is 11.6 Å². The molecule has 13 nitrogen and oxygen atoms in total. The zero-order valence-electron chi connectivity index (χ0n) is 34.0. The number of rotatable bonds is 35. The van der Waals surface area contributed by atoms with Gasteiger partial charge in [0.1, 0.15) is 13.2 Å². The molecular formula is C40H71LiN2O11. The molecule has 0 spiro atoms. The van der Waals surface area contributed by atoms with Crippen molar-refractivity contribution >= 4 is 35.3 Å². The second-order valence-electron chi connectivity index (χ2n) is 12.4. The molecule has 0 aromatic rings. The molecule has 0 aliphatic heterocycles. The van der Waals surface area contributed by atoms with Gasteiger partial charge in [0.25, 0.3) is 11.8 Å². The monoisotopic (exact) mass is 763 g/mol. The van der Waals surface area contributed by atoms with Crippen molar-refractivity contribution in [2.24, 2.45) is 0 Å². The standard InChI is InChI=1S/C21H37NO5.C19H33NO5.Li.H2O/c1-3-19(23)21(25)22-16-14-12-10-8-6-5-7-9-11-13-15-17-26-18-20(24)27-4-2;1-2-17(21)19(24)20-14-12-10-8-6-4-3-5-7-9-11-13-15-25-16-18(22)23;;/h6,8H,3-5,7,9-18H2,1-2H3,(H,22,25);4,6H,2-3,5,7-16H2,1H3,(H,20,24)(H,22,23);;1H2/q;;+1;/p-1/b8-6-;6-4-;;. The van der Waals surface area contributed by atoms with E-state index in [1.165, 1.54) is 32.1 Å². The van der Waals surface area contributed by atoms with Crippen LogP contribution in [0.1, 0.15) is 149 Å². The Morgan fingerprint density at radius 3 is 1.24 bits per heavy atom. The Morgan fingerprint density at radius 1 is 0.519 bits per heavy atom. The number of nitrogens with one attached hydrogen (secondary N) is 2. The van der Waals surface area contributed by atoms with Crippen LogP contribution in [0.4, 0.5) is 0 Å². The number of aliphatic carboxylic acids is 1. The normalized spacial score (nSPS) is 10.5. The first-order valence-electron chi connectivity index (χ1n) is 19.6. The first-order chi connectivity index (χ1) is 25.2. The third kappa shape index (κ3) is 45.3. The summed E-state index contributed by atoms with van der Waals surface area (Å²) in [5.41, 5.74) is 0. The van der Waals surface area contributed by atoms with Gasteiger partial charge in [0, 0.05) is 39.1 Å². The number of hydrogen-bond acceptors (Lipinski definition) is 10. The number of unbranched alkanes of at least 4 members (excludes halogenated alkanes) is 14. The van der Waals surface area contributed by atoms with E-state index in [9.17, 15) is 28.8 Å². The van der Waals surface area contributed by atoms with Crippen LogP contribution in [0.25, 0.3) is 0 Å². The van der Waals surface area contributed by atoms with Crippen LogP contribution in [0.2, 0.25) is 0 Å². The fourth-order valence-electron chi connectivity index (χ4n) is 4.68. The van der Waals surface area contributed by atoms with Crippen molar-refractivity contribution in [3.8, 4) is 0 Å². The van der Waals surface area contributed by atoms with E-state index in [-0.39, 0.29) is 67.9 Å².